The predicted octanol–water partition coefficient (Wildman–Crippen LogP) is 4.84. The first kappa shape index (κ1) is 19.7. The van der Waals surface area contributed by atoms with Gasteiger partial charge in [-0.05, 0) is 24.1 Å². The first-order valence-corrected chi connectivity index (χ1v) is 9.55. The van der Waals surface area contributed by atoms with Crippen molar-refractivity contribution in [3.05, 3.63) is 46.1 Å². The minimum atomic E-state index is -4.47. The third-order valence-corrected chi connectivity index (χ3v) is 5.10. The summed E-state index contributed by atoms with van der Waals surface area (Å²) in [6.45, 7) is 2.46. The molecule has 5 nitrogen and oxygen atoms in total. The second-order valence-electron chi connectivity index (χ2n) is 6.50. The van der Waals surface area contributed by atoms with Crippen molar-refractivity contribution in [2.75, 3.05) is 11.9 Å². The van der Waals surface area contributed by atoms with E-state index in [9.17, 15) is 18.0 Å². The van der Waals surface area contributed by atoms with Crippen LogP contribution in [0.1, 0.15) is 54.2 Å². The number of aromatic nitrogens is 2. The highest BCUT2D eigenvalue weighted by molar-refractivity contribution is 9.10. The highest BCUT2D eigenvalue weighted by atomic mass is 79.9. The second kappa shape index (κ2) is 7.92. The molecule has 1 aliphatic rings. The number of rotatable bonds is 5. The molecular formula is C18H20BrF3N4O. The number of carbonyl (C=O) groups excluding carboxylic acids is 1. The van der Waals surface area contributed by atoms with Gasteiger partial charge in [-0.3, -0.25) is 4.79 Å². The summed E-state index contributed by atoms with van der Waals surface area (Å²) in [5.74, 6) is -0.319. The number of hydrogen-bond donors (Lipinski definition) is 2. The van der Waals surface area contributed by atoms with Crippen LogP contribution in [0.3, 0.4) is 0 Å². The third kappa shape index (κ3) is 4.28. The van der Waals surface area contributed by atoms with Crippen LogP contribution in [0.5, 0.6) is 0 Å². The quantitative estimate of drug-likeness (QED) is 0.648. The van der Waals surface area contributed by atoms with Gasteiger partial charge in [0.05, 0.1) is 12.2 Å². The van der Waals surface area contributed by atoms with E-state index in [2.05, 4.69) is 31.7 Å². The topological polar surface area (TPSA) is 59.0 Å². The van der Waals surface area contributed by atoms with Gasteiger partial charge < -0.3 is 10.6 Å². The molecule has 1 aromatic carbocycles. The van der Waals surface area contributed by atoms with Gasteiger partial charge in [0.1, 0.15) is 11.4 Å². The monoisotopic (exact) mass is 444 g/mol. The summed E-state index contributed by atoms with van der Waals surface area (Å²) in [6, 6.07) is 4.73. The fourth-order valence-corrected chi connectivity index (χ4v) is 3.38. The van der Waals surface area contributed by atoms with Crippen molar-refractivity contribution in [3.63, 3.8) is 0 Å². The van der Waals surface area contributed by atoms with Crippen LogP contribution in [-0.2, 0) is 0 Å². The Hall–Kier alpha value is -2.03. The summed E-state index contributed by atoms with van der Waals surface area (Å²) < 4.78 is 42.6. The molecule has 1 aliphatic heterocycles. The van der Waals surface area contributed by atoms with Crippen LogP contribution >= 0.6 is 15.9 Å². The van der Waals surface area contributed by atoms with Gasteiger partial charge in [0.2, 0.25) is 0 Å². The van der Waals surface area contributed by atoms with E-state index in [4.69, 9.17) is 0 Å². The lowest BCUT2D eigenvalue weighted by Gasteiger charge is -2.34. The molecule has 0 unspecified atom stereocenters. The van der Waals surface area contributed by atoms with Gasteiger partial charge in [-0.2, -0.15) is 18.3 Å². The molecular weight excluding hydrogens is 425 g/mol. The number of amides is 1. The van der Waals surface area contributed by atoms with Gasteiger partial charge in [0, 0.05) is 17.4 Å². The molecule has 27 heavy (non-hydrogen) atoms. The van der Waals surface area contributed by atoms with Crippen LogP contribution in [0.2, 0.25) is 0 Å². The number of fused-ring (bicyclic) bond motifs is 1. The summed E-state index contributed by atoms with van der Waals surface area (Å²) in [6.07, 6.45) is -1.75. The zero-order valence-electron chi connectivity index (χ0n) is 14.7. The Labute approximate surface area is 163 Å². The molecule has 9 heteroatoms. The van der Waals surface area contributed by atoms with Crippen LogP contribution in [0.15, 0.2) is 34.9 Å². The van der Waals surface area contributed by atoms with Gasteiger partial charge in [-0.1, -0.05) is 41.4 Å². The number of unbranched alkanes of at least 4 members (excludes halogenated alkanes) is 1. The van der Waals surface area contributed by atoms with E-state index < -0.39 is 24.2 Å². The summed E-state index contributed by atoms with van der Waals surface area (Å²) >= 11 is 3.33. The van der Waals surface area contributed by atoms with Crippen LogP contribution < -0.4 is 10.6 Å². The lowest BCUT2D eigenvalue weighted by atomic mass is 9.96. The number of hydrogen-bond acceptors (Lipinski definition) is 3. The third-order valence-electron chi connectivity index (χ3n) is 4.57. The molecule has 0 spiro atoms. The summed E-state index contributed by atoms with van der Waals surface area (Å²) in [5.41, 5.74) is 0.847. The maximum atomic E-state index is 13.6. The van der Waals surface area contributed by atoms with E-state index in [1.54, 1.807) is 24.3 Å². The number of alkyl halides is 3. The van der Waals surface area contributed by atoms with Crippen molar-refractivity contribution < 1.29 is 18.0 Å². The molecule has 1 aromatic heterocycles. The molecule has 0 aliphatic carbocycles. The highest BCUT2D eigenvalue weighted by Gasteiger charge is 2.47. The molecule has 1 amide bonds. The molecule has 2 N–H and O–H groups in total. The number of halogens is 4. The standard InChI is InChI=1S/C18H20BrF3N4O/c1-2-3-8-23-17(27)13-10-24-26-15(18(20,21)22)9-14(25-16(13)26)11-4-6-12(19)7-5-11/h4-7,10,14-15,25H,2-3,8-9H2,1H3,(H,23,27)/t14-,15+/m0/s1. The van der Waals surface area contributed by atoms with E-state index in [-0.39, 0.29) is 17.8 Å². The molecule has 2 atom stereocenters. The van der Waals surface area contributed by atoms with Crippen molar-refractivity contribution in [3.8, 4) is 0 Å². The van der Waals surface area contributed by atoms with E-state index >= 15 is 0 Å². The lowest BCUT2D eigenvalue weighted by Crippen LogP contribution is -2.36. The fraction of sp³-hybridized carbons (Fsp3) is 0.444. The zero-order valence-corrected chi connectivity index (χ0v) is 16.3. The summed E-state index contributed by atoms with van der Waals surface area (Å²) in [7, 11) is 0. The summed E-state index contributed by atoms with van der Waals surface area (Å²) in [4.78, 5) is 12.4. The molecule has 0 fully saturated rings. The van der Waals surface area contributed by atoms with E-state index in [0.29, 0.717) is 6.54 Å². The first-order chi connectivity index (χ1) is 12.8. The molecule has 0 bridgehead atoms. The lowest BCUT2D eigenvalue weighted by molar-refractivity contribution is -0.173. The Bertz CT molecular complexity index is 804. The van der Waals surface area contributed by atoms with Crippen molar-refractivity contribution in [2.24, 2.45) is 0 Å². The smallest absolute Gasteiger partial charge is 0.363 e. The Kier molecular flexibility index (Phi) is 5.78. The van der Waals surface area contributed by atoms with Gasteiger partial charge in [0.25, 0.3) is 5.91 Å². The average Bonchev–Trinajstić information content (AvgIpc) is 3.04. The van der Waals surface area contributed by atoms with Crippen molar-refractivity contribution in [1.82, 2.24) is 15.1 Å². The van der Waals surface area contributed by atoms with Crippen molar-refractivity contribution in [2.45, 2.75) is 44.4 Å². The first-order valence-electron chi connectivity index (χ1n) is 8.75. The fourth-order valence-electron chi connectivity index (χ4n) is 3.12. The predicted molar refractivity (Wildman–Crippen MR) is 99.7 cm³/mol. The Morgan fingerprint density at radius 3 is 2.70 bits per heavy atom. The van der Waals surface area contributed by atoms with Gasteiger partial charge in [-0.25, -0.2) is 4.68 Å². The number of anilines is 1. The minimum Gasteiger partial charge on any atom is -0.363 e. The van der Waals surface area contributed by atoms with Gasteiger partial charge in [0.15, 0.2) is 6.04 Å². The van der Waals surface area contributed by atoms with Gasteiger partial charge in [-0.15, -0.1) is 0 Å². The Morgan fingerprint density at radius 2 is 2.07 bits per heavy atom. The molecule has 2 aromatic rings. The zero-order chi connectivity index (χ0) is 19.6. The maximum Gasteiger partial charge on any atom is 0.410 e. The average molecular weight is 445 g/mol. The molecule has 0 saturated heterocycles. The number of nitrogens with one attached hydrogen (secondary N) is 2. The minimum absolute atomic E-state index is 0.102. The Morgan fingerprint density at radius 1 is 1.37 bits per heavy atom. The number of benzene rings is 1. The van der Waals surface area contributed by atoms with Crippen LogP contribution in [0, 0.1) is 0 Å². The second-order valence-corrected chi connectivity index (χ2v) is 7.42. The van der Waals surface area contributed by atoms with Crippen LogP contribution in [0.25, 0.3) is 0 Å². The van der Waals surface area contributed by atoms with Crippen LogP contribution in [0.4, 0.5) is 19.0 Å². The van der Waals surface area contributed by atoms with Crippen molar-refractivity contribution >= 4 is 27.7 Å². The van der Waals surface area contributed by atoms with Crippen LogP contribution in [-0.4, -0.2) is 28.4 Å². The largest absolute Gasteiger partial charge is 0.410 e. The molecule has 0 saturated carbocycles. The van der Waals surface area contributed by atoms with E-state index in [0.717, 1.165) is 27.6 Å². The van der Waals surface area contributed by atoms with Crippen molar-refractivity contribution in [1.29, 1.82) is 0 Å². The number of nitrogens with zero attached hydrogens (tertiary/aromatic N) is 2. The van der Waals surface area contributed by atoms with E-state index in [1.165, 1.54) is 6.20 Å². The number of carbonyl (C=O) groups is 1. The molecule has 3 rings (SSSR count). The van der Waals surface area contributed by atoms with Gasteiger partial charge >= 0.3 is 6.18 Å². The molecule has 2 heterocycles. The Balaban J connectivity index is 1.93. The maximum absolute atomic E-state index is 13.6. The highest BCUT2D eigenvalue weighted by Crippen LogP contribution is 2.44. The molecule has 0 radical (unpaired) electrons. The summed E-state index contributed by atoms with van der Waals surface area (Å²) in [5, 5.41) is 9.67. The molecule has 146 valence electrons. The van der Waals surface area contributed by atoms with E-state index in [1.807, 2.05) is 6.92 Å². The SMILES string of the molecule is CCCCNC(=O)c1cnn2c1N[C@H](c1ccc(Br)cc1)C[C@@H]2C(F)(F)F. The normalized spacial score (nSPS) is 19.3.